The summed E-state index contributed by atoms with van der Waals surface area (Å²) in [7, 11) is 5.56. The second-order valence-electron chi connectivity index (χ2n) is 4.79. The summed E-state index contributed by atoms with van der Waals surface area (Å²) >= 11 is 0. The number of hydrogen-bond donors (Lipinski definition) is 0. The third-order valence-corrected chi connectivity index (χ3v) is 3.87. The first kappa shape index (κ1) is 15.2. The molecule has 21 heavy (non-hydrogen) atoms. The van der Waals surface area contributed by atoms with Crippen LogP contribution in [0.5, 0.6) is 11.5 Å². The highest BCUT2D eigenvalue weighted by atomic mass is 16.5. The summed E-state index contributed by atoms with van der Waals surface area (Å²) in [5, 5.41) is 0. The van der Waals surface area contributed by atoms with Crippen molar-refractivity contribution in [1.82, 2.24) is 0 Å². The van der Waals surface area contributed by atoms with Crippen molar-refractivity contribution in [2.75, 3.05) is 28.4 Å². The largest absolute Gasteiger partial charge is 0.493 e. The molecule has 2 rings (SSSR count). The van der Waals surface area contributed by atoms with Crippen LogP contribution in [0.25, 0.3) is 0 Å². The molecule has 1 aliphatic carbocycles. The molecule has 0 spiro atoms. The molecule has 1 unspecified atom stereocenters. The topological polar surface area (TPSA) is 71.1 Å². The lowest BCUT2D eigenvalue weighted by Gasteiger charge is -2.15. The predicted octanol–water partition coefficient (Wildman–Crippen LogP) is 1.52. The number of benzene rings is 1. The Balaban J connectivity index is 2.45. The van der Waals surface area contributed by atoms with Crippen LogP contribution in [-0.4, -0.2) is 40.4 Å². The van der Waals surface area contributed by atoms with Crippen LogP contribution in [0.1, 0.15) is 17.9 Å². The van der Waals surface area contributed by atoms with E-state index in [-0.39, 0.29) is 5.92 Å². The average molecular weight is 294 g/mol. The van der Waals surface area contributed by atoms with Gasteiger partial charge in [-0.05, 0) is 12.5 Å². The molecule has 6 heteroatoms. The van der Waals surface area contributed by atoms with E-state index in [1.54, 1.807) is 18.2 Å². The van der Waals surface area contributed by atoms with E-state index in [9.17, 15) is 9.59 Å². The Morgan fingerprint density at radius 1 is 1.05 bits per heavy atom. The Bertz CT molecular complexity index is 549. The van der Waals surface area contributed by atoms with E-state index in [1.807, 2.05) is 0 Å². The van der Waals surface area contributed by atoms with Gasteiger partial charge < -0.3 is 18.9 Å². The van der Waals surface area contributed by atoms with Gasteiger partial charge in [-0.2, -0.15) is 0 Å². The Kier molecular flexibility index (Phi) is 4.06. The van der Waals surface area contributed by atoms with Crippen LogP contribution >= 0.6 is 0 Å². The van der Waals surface area contributed by atoms with Crippen LogP contribution in [0.4, 0.5) is 0 Å². The summed E-state index contributed by atoms with van der Waals surface area (Å²) in [4.78, 5) is 24.1. The van der Waals surface area contributed by atoms with E-state index in [1.165, 1.54) is 28.4 Å². The molecule has 1 aromatic carbocycles. The van der Waals surface area contributed by atoms with Crippen molar-refractivity contribution in [2.45, 2.75) is 12.3 Å². The second-order valence-corrected chi connectivity index (χ2v) is 4.79. The van der Waals surface area contributed by atoms with Crippen LogP contribution in [0.2, 0.25) is 0 Å². The van der Waals surface area contributed by atoms with E-state index < -0.39 is 17.4 Å². The van der Waals surface area contributed by atoms with E-state index in [0.29, 0.717) is 17.9 Å². The molecule has 0 radical (unpaired) electrons. The van der Waals surface area contributed by atoms with Gasteiger partial charge in [-0.15, -0.1) is 0 Å². The highest BCUT2D eigenvalue weighted by molar-refractivity contribution is 6.05. The summed E-state index contributed by atoms with van der Waals surface area (Å²) in [6.45, 7) is 0. The van der Waals surface area contributed by atoms with Gasteiger partial charge in [0.1, 0.15) is 0 Å². The van der Waals surface area contributed by atoms with Crippen molar-refractivity contribution in [3.63, 3.8) is 0 Å². The lowest BCUT2D eigenvalue weighted by Crippen LogP contribution is -2.30. The fourth-order valence-corrected chi connectivity index (χ4v) is 2.72. The Labute approximate surface area is 122 Å². The van der Waals surface area contributed by atoms with Gasteiger partial charge in [0, 0.05) is 11.5 Å². The zero-order chi connectivity index (χ0) is 15.6. The smallest absolute Gasteiger partial charge is 0.323 e. The number of para-hydroxylation sites is 1. The van der Waals surface area contributed by atoms with Gasteiger partial charge in [0.15, 0.2) is 16.9 Å². The molecule has 0 saturated heterocycles. The molecule has 1 saturated carbocycles. The van der Waals surface area contributed by atoms with Gasteiger partial charge in [0.05, 0.1) is 28.4 Å². The van der Waals surface area contributed by atoms with Gasteiger partial charge in [-0.3, -0.25) is 9.59 Å². The minimum absolute atomic E-state index is 0.329. The minimum atomic E-state index is -1.29. The summed E-state index contributed by atoms with van der Waals surface area (Å²) in [6.07, 6.45) is 0.329. The molecule has 1 aliphatic rings. The van der Waals surface area contributed by atoms with Gasteiger partial charge in [-0.25, -0.2) is 0 Å². The predicted molar refractivity (Wildman–Crippen MR) is 73.4 cm³/mol. The molecule has 0 heterocycles. The van der Waals surface area contributed by atoms with E-state index >= 15 is 0 Å². The minimum Gasteiger partial charge on any atom is -0.493 e. The number of carbonyl (C=O) groups excluding carboxylic acids is 2. The molecule has 1 fully saturated rings. The van der Waals surface area contributed by atoms with Crippen LogP contribution < -0.4 is 9.47 Å². The van der Waals surface area contributed by atoms with Crippen LogP contribution in [0, 0.1) is 5.41 Å². The fraction of sp³-hybridized carbons (Fsp3) is 0.467. The van der Waals surface area contributed by atoms with E-state index in [0.717, 1.165) is 5.56 Å². The molecule has 0 bridgehead atoms. The number of hydrogen-bond acceptors (Lipinski definition) is 6. The van der Waals surface area contributed by atoms with Gasteiger partial charge in [-0.1, -0.05) is 12.1 Å². The summed E-state index contributed by atoms with van der Waals surface area (Å²) in [5.74, 6) is -0.471. The Morgan fingerprint density at radius 3 is 2.14 bits per heavy atom. The van der Waals surface area contributed by atoms with E-state index in [2.05, 4.69) is 0 Å². The van der Waals surface area contributed by atoms with Crippen LogP contribution in [0.3, 0.4) is 0 Å². The first-order valence-corrected chi connectivity index (χ1v) is 6.44. The van der Waals surface area contributed by atoms with Crippen LogP contribution in [-0.2, 0) is 19.1 Å². The van der Waals surface area contributed by atoms with Crippen molar-refractivity contribution < 1.29 is 28.5 Å². The normalized spacial score (nSPS) is 18.6. The number of ether oxygens (including phenoxy) is 4. The molecule has 0 amide bonds. The lowest BCUT2D eigenvalue weighted by molar-refractivity contribution is -0.161. The highest BCUT2D eigenvalue weighted by Gasteiger charge is 2.69. The zero-order valence-corrected chi connectivity index (χ0v) is 12.5. The second kappa shape index (κ2) is 5.63. The maximum Gasteiger partial charge on any atom is 0.323 e. The summed E-state index contributed by atoms with van der Waals surface area (Å²) < 4.78 is 20.1. The van der Waals surface area contributed by atoms with Gasteiger partial charge >= 0.3 is 11.9 Å². The quantitative estimate of drug-likeness (QED) is 0.606. The van der Waals surface area contributed by atoms with Gasteiger partial charge in [0.2, 0.25) is 0 Å². The molecule has 0 aromatic heterocycles. The molecule has 1 aromatic rings. The molecule has 0 aliphatic heterocycles. The molecule has 0 N–H and O–H groups in total. The first-order valence-electron chi connectivity index (χ1n) is 6.44. The van der Waals surface area contributed by atoms with Crippen molar-refractivity contribution in [3.05, 3.63) is 23.8 Å². The zero-order valence-electron chi connectivity index (χ0n) is 12.5. The van der Waals surface area contributed by atoms with Crippen LogP contribution in [0.15, 0.2) is 18.2 Å². The number of esters is 2. The maximum absolute atomic E-state index is 12.0. The maximum atomic E-state index is 12.0. The standard InChI is InChI=1S/C15H18O6/c1-18-11-7-5-6-9(12(11)19-2)10-8-15(10,13(16)20-3)14(17)21-4/h5-7,10H,8H2,1-4H3. The van der Waals surface area contributed by atoms with E-state index in [4.69, 9.17) is 18.9 Å². The summed E-state index contributed by atoms with van der Waals surface area (Å²) in [5.41, 5.74) is -0.559. The molecule has 6 nitrogen and oxygen atoms in total. The molecule has 1 atom stereocenters. The van der Waals surface area contributed by atoms with Crippen molar-refractivity contribution >= 4 is 11.9 Å². The number of rotatable bonds is 5. The molecular formula is C15H18O6. The number of carbonyl (C=O) groups is 2. The monoisotopic (exact) mass is 294 g/mol. The highest BCUT2D eigenvalue weighted by Crippen LogP contribution is 2.63. The fourth-order valence-electron chi connectivity index (χ4n) is 2.72. The third-order valence-electron chi connectivity index (χ3n) is 3.87. The SMILES string of the molecule is COC(=O)C1(C(=O)OC)CC1c1cccc(OC)c1OC. The lowest BCUT2D eigenvalue weighted by atomic mass is 9.98. The Hall–Kier alpha value is -2.24. The average Bonchev–Trinajstić information content (AvgIpc) is 3.28. The van der Waals surface area contributed by atoms with Crippen molar-refractivity contribution in [3.8, 4) is 11.5 Å². The molecule has 114 valence electrons. The Morgan fingerprint density at radius 2 is 1.67 bits per heavy atom. The van der Waals surface area contributed by atoms with Crippen molar-refractivity contribution in [1.29, 1.82) is 0 Å². The summed E-state index contributed by atoms with van der Waals surface area (Å²) in [6, 6.07) is 5.34. The third kappa shape index (κ3) is 2.20. The van der Waals surface area contributed by atoms with Crippen molar-refractivity contribution in [2.24, 2.45) is 5.41 Å². The van der Waals surface area contributed by atoms with Gasteiger partial charge in [0.25, 0.3) is 0 Å². The number of methoxy groups -OCH3 is 4. The molecular weight excluding hydrogens is 276 g/mol. The first-order chi connectivity index (χ1) is 10.1.